The van der Waals surface area contributed by atoms with E-state index >= 15 is 0 Å². The molecule has 1 heterocycles. The molecule has 140 valence electrons. The van der Waals surface area contributed by atoms with Crippen LogP contribution in [-0.2, 0) is 11.2 Å². The number of anilines is 2. The van der Waals surface area contributed by atoms with Crippen molar-refractivity contribution in [1.29, 1.82) is 0 Å². The maximum absolute atomic E-state index is 12.9. The molecule has 1 aromatic heterocycles. The van der Waals surface area contributed by atoms with Crippen LogP contribution in [0.3, 0.4) is 0 Å². The smallest absolute Gasteiger partial charge is 0.249 e. The highest BCUT2D eigenvalue weighted by Gasteiger charge is 2.22. The average Bonchev–Trinajstić information content (AvgIpc) is 3.23. The van der Waals surface area contributed by atoms with Gasteiger partial charge in [-0.2, -0.15) is 0 Å². The molecule has 7 nitrogen and oxygen atoms in total. The topological polar surface area (TPSA) is 75.9 Å². The molecule has 0 aliphatic heterocycles. The fourth-order valence-electron chi connectivity index (χ4n) is 3.02. The van der Waals surface area contributed by atoms with Gasteiger partial charge in [0.25, 0.3) is 0 Å². The first kappa shape index (κ1) is 18.6. The highest BCUT2D eigenvalue weighted by molar-refractivity contribution is 5.94. The van der Waals surface area contributed by atoms with Crippen molar-refractivity contribution in [3.8, 4) is 0 Å². The number of nitrogens with zero attached hydrogens (tertiary/aromatic N) is 5. The van der Waals surface area contributed by atoms with Crippen LogP contribution in [0.25, 0.3) is 0 Å². The Morgan fingerprint density at radius 2 is 1.78 bits per heavy atom. The molecule has 0 saturated carbocycles. The summed E-state index contributed by atoms with van der Waals surface area (Å²) in [5, 5.41) is 14.2. The number of benzene rings is 2. The van der Waals surface area contributed by atoms with Crippen LogP contribution < -0.4 is 10.2 Å². The maximum atomic E-state index is 12.9. The van der Waals surface area contributed by atoms with Gasteiger partial charge in [0.15, 0.2) is 0 Å². The zero-order valence-corrected chi connectivity index (χ0v) is 15.6. The van der Waals surface area contributed by atoms with Gasteiger partial charge >= 0.3 is 0 Å². The molecular formula is C20H24N6O. The van der Waals surface area contributed by atoms with E-state index in [1.807, 2.05) is 54.6 Å². The van der Waals surface area contributed by atoms with Gasteiger partial charge in [-0.05, 0) is 54.1 Å². The molecule has 27 heavy (non-hydrogen) atoms. The third-order valence-electron chi connectivity index (χ3n) is 4.52. The average molecular weight is 364 g/mol. The molecule has 0 unspecified atom stereocenters. The second-order valence-corrected chi connectivity index (χ2v) is 6.20. The van der Waals surface area contributed by atoms with Crippen molar-refractivity contribution in [3.05, 3.63) is 66.5 Å². The summed E-state index contributed by atoms with van der Waals surface area (Å²) in [6.07, 6.45) is 1.98. The molecule has 0 aliphatic rings. The van der Waals surface area contributed by atoms with Crippen molar-refractivity contribution in [2.24, 2.45) is 0 Å². The Labute approximate surface area is 159 Å². The SMILES string of the molecule is CCN(CC)c1ccc(NC(=O)[C@H](Cc2ccccc2)n2cnnn2)cc1. The van der Waals surface area contributed by atoms with Crippen LogP contribution in [0.1, 0.15) is 25.5 Å². The van der Waals surface area contributed by atoms with Crippen LogP contribution in [-0.4, -0.2) is 39.2 Å². The van der Waals surface area contributed by atoms with Crippen molar-refractivity contribution in [3.63, 3.8) is 0 Å². The Morgan fingerprint density at radius 1 is 1.07 bits per heavy atom. The Kier molecular flexibility index (Phi) is 6.14. The second-order valence-electron chi connectivity index (χ2n) is 6.20. The lowest BCUT2D eigenvalue weighted by Crippen LogP contribution is -2.28. The van der Waals surface area contributed by atoms with Gasteiger partial charge in [-0.25, -0.2) is 4.68 Å². The number of aromatic nitrogens is 4. The predicted molar refractivity (Wildman–Crippen MR) is 106 cm³/mol. The monoisotopic (exact) mass is 364 g/mol. The van der Waals surface area contributed by atoms with Gasteiger partial charge in [0, 0.05) is 30.9 Å². The van der Waals surface area contributed by atoms with Crippen LogP contribution in [0.4, 0.5) is 11.4 Å². The zero-order chi connectivity index (χ0) is 19.1. The number of tetrazole rings is 1. The molecule has 0 fully saturated rings. The van der Waals surface area contributed by atoms with Crippen LogP contribution in [0.2, 0.25) is 0 Å². The third kappa shape index (κ3) is 4.69. The quantitative estimate of drug-likeness (QED) is 0.665. The number of nitrogens with one attached hydrogen (secondary N) is 1. The fraction of sp³-hybridized carbons (Fsp3) is 0.300. The lowest BCUT2D eigenvalue weighted by Gasteiger charge is -2.21. The molecule has 0 aliphatic carbocycles. The van der Waals surface area contributed by atoms with Gasteiger partial charge in [0.2, 0.25) is 5.91 Å². The summed E-state index contributed by atoms with van der Waals surface area (Å²) < 4.78 is 1.49. The number of carbonyl (C=O) groups excluding carboxylic acids is 1. The lowest BCUT2D eigenvalue weighted by atomic mass is 10.1. The van der Waals surface area contributed by atoms with E-state index in [2.05, 4.69) is 39.6 Å². The summed E-state index contributed by atoms with van der Waals surface area (Å²) >= 11 is 0. The minimum atomic E-state index is -0.523. The first-order chi connectivity index (χ1) is 13.2. The highest BCUT2D eigenvalue weighted by Crippen LogP contribution is 2.20. The van der Waals surface area contributed by atoms with Gasteiger partial charge in [0.05, 0.1) is 0 Å². The third-order valence-corrected chi connectivity index (χ3v) is 4.52. The number of hydrogen-bond acceptors (Lipinski definition) is 5. The van der Waals surface area contributed by atoms with Gasteiger partial charge in [-0.15, -0.1) is 5.10 Å². The summed E-state index contributed by atoms with van der Waals surface area (Å²) in [7, 11) is 0. The summed E-state index contributed by atoms with van der Waals surface area (Å²) in [6.45, 7) is 6.14. The first-order valence-corrected chi connectivity index (χ1v) is 9.13. The van der Waals surface area contributed by atoms with Gasteiger partial charge in [-0.3, -0.25) is 4.79 Å². The minimum Gasteiger partial charge on any atom is -0.372 e. The molecule has 0 radical (unpaired) electrons. The van der Waals surface area contributed by atoms with E-state index in [-0.39, 0.29) is 5.91 Å². The Morgan fingerprint density at radius 3 is 2.37 bits per heavy atom. The molecule has 0 spiro atoms. The number of rotatable bonds is 8. The van der Waals surface area contributed by atoms with Gasteiger partial charge in [-0.1, -0.05) is 30.3 Å². The van der Waals surface area contributed by atoms with Gasteiger partial charge < -0.3 is 10.2 Å². The van der Waals surface area contributed by atoms with Crippen molar-refractivity contribution in [2.75, 3.05) is 23.3 Å². The van der Waals surface area contributed by atoms with Crippen LogP contribution in [0.5, 0.6) is 0 Å². The highest BCUT2D eigenvalue weighted by atomic mass is 16.2. The zero-order valence-electron chi connectivity index (χ0n) is 15.6. The maximum Gasteiger partial charge on any atom is 0.249 e. The van der Waals surface area contributed by atoms with Crippen molar-refractivity contribution < 1.29 is 4.79 Å². The largest absolute Gasteiger partial charge is 0.372 e. The predicted octanol–water partition coefficient (Wildman–Crippen LogP) is 2.94. The number of amides is 1. The Balaban J connectivity index is 1.74. The first-order valence-electron chi connectivity index (χ1n) is 9.13. The van der Waals surface area contributed by atoms with E-state index in [9.17, 15) is 4.79 Å². The summed E-state index contributed by atoms with van der Waals surface area (Å²) in [5.74, 6) is -0.151. The molecular weight excluding hydrogens is 340 g/mol. The summed E-state index contributed by atoms with van der Waals surface area (Å²) in [4.78, 5) is 15.2. The second kappa shape index (κ2) is 8.93. The Hall–Kier alpha value is -3.22. The van der Waals surface area contributed by atoms with E-state index in [0.29, 0.717) is 6.42 Å². The molecule has 3 rings (SSSR count). The standard InChI is InChI=1S/C20H24N6O/c1-3-25(4-2)18-12-10-17(11-13-18)22-20(27)19(26-15-21-23-24-26)14-16-8-6-5-7-9-16/h5-13,15,19H,3-4,14H2,1-2H3,(H,22,27)/t19-/m0/s1. The molecule has 0 bridgehead atoms. The van der Waals surface area contributed by atoms with Gasteiger partial charge in [0.1, 0.15) is 12.4 Å². The fourth-order valence-corrected chi connectivity index (χ4v) is 3.02. The van der Waals surface area contributed by atoms with Crippen molar-refractivity contribution >= 4 is 17.3 Å². The number of carbonyl (C=O) groups is 1. The molecule has 3 aromatic rings. The molecule has 1 amide bonds. The van der Waals surface area contributed by atoms with Crippen LogP contribution in [0.15, 0.2) is 60.9 Å². The van der Waals surface area contributed by atoms with Crippen molar-refractivity contribution in [1.82, 2.24) is 20.2 Å². The van der Waals surface area contributed by atoms with Crippen LogP contribution >= 0.6 is 0 Å². The summed E-state index contributed by atoms with van der Waals surface area (Å²) in [5.41, 5.74) is 2.94. The molecule has 7 heteroatoms. The molecule has 1 atom stereocenters. The Bertz CT molecular complexity index is 829. The minimum absolute atomic E-state index is 0.151. The van der Waals surface area contributed by atoms with E-state index in [0.717, 1.165) is 30.0 Å². The normalized spacial score (nSPS) is 11.8. The van der Waals surface area contributed by atoms with E-state index < -0.39 is 6.04 Å². The van der Waals surface area contributed by atoms with E-state index in [1.165, 1.54) is 11.0 Å². The molecule has 2 aromatic carbocycles. The lowest BCUT2D eigenvalue weighted by molar-refractivity contribution is -0.119. The van der Waals surface area contributed by atoms with E-state index in [4.69, 9.17) is 0 Å². The number of hydrogen-bond donors (Lipinski definition) is 1. The molecule has 0 saturated heterocycles. The molecule has 1 N–H and O–H groups in total. The van der Waals surface area contributed by atoms with E-state index in [1.54, 1.807) is 0 Å². The summed E-state index contributed by atoms with van der Waals surface area (Å²) in [6, 6.07) is 17.2. The van der Waals surface area contributed by atoms with Crippen LogP contribution in [0, 0.1) is 0 Å². The van der Waals surface area contributed by atoms with Crippen molar-refractivity contribution in [2.45, 2.75) is 26.3 Å².